The van der Waals surface area contributed by atoms with Gasteiger partial charge < -0.3 is 9.47 Å². The molecule has 182 valence electrons. The summed E-state index contributed by atoms with van der Waals surface area (Å²) in [5, 5.41) is 51.8. The number of nitrogens with one attached hydrogen (secondary N) is 1. The molecule has 0 spiro atoms. The first kappa shape index (κ1) is 24.9. The van der Waals surface area contributed by atoms with Gasteiger partial charge in [0.15, 0.2) is 5.41 Å². The number of nitriles is 3. The molecule has 1 aliphatic carbocycles. The van der Waals surface area contributed by atoms with Gasteiger partial charge in [-0.25, -0.2) is 0 Å². The molecule has 0 aromatic heterocycles. The number of benzene rings is 1. The summed E-state index contributed by atoms with van der Waals surface area (Å²) in [5.74, 6) is -2.56. The molecule has 0 amide bonds. The zero-order valence-electron chi connectivity index (χ0n) is 19.3. The molecule has 4 rings (SSSR count). The first-order chi connectivity index (χ1) is 16.8. The fourth-order valence-electron chi connectivity index (χ4n) is 6.05. The van der Waals surface area contributed by atoms with Crippen LogP contribution in [0.1, 0.15) is 75.9 Å². The molecule has 9 nitrogen and oxygen atoms in total. The molecule has 1 aromatic rings. The van der Waals surface area contributed by atoms with Crippen LogP contribution < -0.4 is 0 Å². The van der Waals surface area contributed by atoms with Gasteiger partial charge in [-0.1, -0.05) is 56.5 Å². The molecular formula is C25H26ClN5O4. The highest BCUT2D eigenvalue weighted by atomic mass is 35.5. The van der Waals surface area contributed by atoms with Crippen LogP contribution in [0.4, 0.5) is 5.69 Å². The van der Waals surface area contributed by atoms with Gasteiger partial charge in [-0.2, -0.15) is 15.8 Å². The first-order valence-electron chi connectivity index (χ1n) is 12.0. The highest BCUT2D eigenvalue weighted by Gasteiger charge is 2.80. The van der Waals surface area contributed by atoms with E-state index in [4.69, 9.17) is 26.5 Å². The fraction of sp³-hybridized carbons (Fsp3) is 0.600. The van der Waals surface area contributed by atoms with E-state index in [-0.39, 0.29) is 16.3 Å². The molecule has 2 bridgehead atoms. The molecule has 10 heteroatoms. The number of halogens is 1. The predicted octanol–water partition coefficient (Wildman–Crippen LogP) is 6.10. The van der Waals surface area contributed by atoms with Crippen molar-refractivity contribution < 1.29 is 14.4 Å². The summed E-state index contributed by atoms with van der Waals surface area (Å²) in [4.78, 5) is 10.9. The largest absolute Gasteiger partial charge is 0.447 e. The lowest BCUT2D eigenvalue weighted by atomic mass is 9.52. The maximum absolute atomic E-state index is 11.5. The Morgan fingerprint density at radius 1 is 1.03 bits per heavy atom. The van der Waals surface area contributed by atoms with E-state index in [1.54, 1.807) is 0 Å². The van der Waals surface area contributed by atoms with E-state index in [9.17, 15) is 25.9 Å². The van der Waals surface area contributed by atoms with E-state index in [2.05, 4.69) is 6.07 Å². The molecule has 3 aliphatic rings. The SMILES string of the molecule is N#CC1(C#N)C(c2cc([N+](=O)[O-])ccc2Cl)OC23CCCCCCCCCCC2C1(C#N)C(=N)O3. The number of nitro benzene ring substituents is 1. The van der Waals surface area contributed by atoms with Crippen molar-refractivity contribution in [1.29, 1.82) is 21.2 Å². The van der Waals surface area contributed by atoms with E-state index in [1.807, 2.05) is 12.1 Å². The number of hydrogen-bond donors (Lipinski definition) is 1. The third kappa shape index (κ3) is 3.64. The van der Waals surface area contributed by atoms with Gasteiger partial charge in [0.05, 0.1) is 29.0 Å². The van der Waals surface area contributed by atoms with Crippen LogP contribution in [0.5, 0.6) is 0 Å². The van der Waals surface area contributed by atoms with E-state index in [0.29, 0.717) is 19.3 Å². The van der Waals surface area contributed by atoms with Gasteiger partial charge in [-0.3, -0.25) is 15.5 Å². The van der Waals surface area contributed by atoms with Gasteiger partial charge in [0.2, 0.25) is 17.1 Å². The Balaban J connectivity index is 1.94. The van der Waals surface area contributed by atoms with Crippen LogP contribution in [0, 0.1) is 66.3 Å². The molecule has 2 saturated heterocycles. The molecule has 0 radical (unpaired) electrons. The first-order valence-corrected chi connectivity index (χ1v) is 12.3. The van der Waals surface area contributed by atoms with Crippen LogP contribution in [-0.4, -0.2) is 16.6 Å². The zero-order chi connectivity index (χ0) is 25.3. The molecule has 35 heavy (non-hydrogen) atoms. The Hall–Kier alpha value is -3.19. The number of non-ortho nitro benzene ring substituents is 1. The summed E-state index contributed by atoms with van der Waals surface area (Å²) in [6, 6.07) is 9.88. The van der Waals surface area contributed by atoms with Crippen LogP contribution in [0.3, 0.4) is 0 Å². The second-order valence-electron chi connectivity index (χ2n) is 9.57. The second kappa shape index (κ2) is 9.46. The van der Waals surface area contributed by atoms with Crippen molar-refractivity contribution in [2.24, 2.45) is 16.7 Å². The predicted molar refractivity (Wildman–Crippen MR) is 125 cm³/mol. The van der Waals surface area contributed by atoms with Crippen molar-refractivity contribution in [3.8, 4) is 18.2 Å². The van der Waals surface area contributed by atoms with E-state index in [1.165, 1.54) is 18.2 Å². The number of nitrogens with zero attached hydrogens (tertiary/aromatic N) is 4. The highest BCUT2D eigenvalue weighted by molar-refractivity contribution is 6.31. The molecule has 2 heterocycles. The summed E-state index contributed by atoms with van der Waals surface area (Å²) in [5.41, 5.74) is -4.33. The lowest BCUT2D eigenvalue weighted by molar-refractivity contribution is -0.385. The standard InChI is InChI=1S/C25H26ClN5O4/c26-19-11-10-17(31(32)33)13-18(19)21-23(14-27,15-28)24(16-29)20-9-7-5-3-1-2-4-6-8-12-25(20,34-21)35-22(24)30/h10-11,13,20-21,30H,1-9,12H2. The molecule has 1 saturated carbocycles. The van der Waals surface area contributed by atoms with Crippen molar-refractivity contribution in [2.75, 3.05) is 0 Å². The Morgan fingerprint density at radius 3 is 2.26 bits per heavy atom. The van der Waals surface area contributed by atoms with Crippen LogP contribution in [-0.2, 0) is 9.47 Å². The molecule has 4 unspecified atom stereocenters. The minimum atomic E-state index is -2.20. The zero-order valence-corrected chi connectivity index (χ0v) is 20.0. The summed E-state index contributed by atoms with van der Waals surface area (Å²) in [6.07, 6.45) is 7.06. The van der Waals surface area contributed by atoms with Crippen molar-refractivity contribution in [1.82, 2.24) is 0 Å². The second-order valence-corrected chi connectivity index (χ2v) is 9.98. The van der Waals surface area contributed by atoms with Crippen molar-refractivity contribution >= 4 is 23.2 Å². The highest BCUT2D eigenvalue weighted by Crippen LogP contribution is 2.69. The van der Waals surface area contributed by atoms with Crippen LogP contribution in [0.25, 0.3) is 0 Å². The number of hydrogen-bond acceptors (Lipinski definition) is 8. The summed E-state index contributed by atoms with van der Waals surface area (Å²) < 4.78 is 12.6. The Kier molecular flexibility index (Phi) is 6.73. The topological polar surface area (TPSA) is 157 Å². The smallest absolute Gasteiger partial charge is 0.269 e. The number of rotatable bonds is 2. The van der Waals surface area contributed by atoms with Crippen molar-refractivity contribution in [2.45, 2.75) is 76.1 Å². The Labute approximate surface area is 208 Å². The number of nitro groups is 1. The lowest BCUT2D eigenvalue weighted by Gasteiger charge is -2.50. The third-order valence-electron chi connectivity index (χ3n) is 7.79. The molecule has 3 fully saturated rings. The molecule has 1 aromatic carbocycles. The minimum Gasteiger partial charge on any atom is -0.447 e. The maximum Gasteiger partial charge on any atom is 0.269 e. The quantitative estimate of drug-likeness (QED) is 0.383. The van der Waals surface area contributed by atoms with Gasteiger partial charge in [-0.05, 0) is 18.9 Å². The van der Waals surface area contributed by atoms with Gasteiger partial charge in [0.1, 0.15) is 6.10 Å². The van der Waals surface area contributed by atoms with Gasteiger partial charge in [-0.15, -0.1) is 0 Å². The minimum absolute atomic E-state index is 0.0610. The van der Waals surface area contributed by atoms with Gasteiger partial charge in [0.25, 0.3) is 5.69 Å². The molecule has 2 aliphatic heterocycles. The van der Waals surface area contributed by atoms with Crippen molar-refractivity contribution in [3.05, 3.63) is 38.9 Å². The molecular weight excluding hydrogens is 470 g/mol. The summed E-state index contributed by atoms with van der Waals surface area (Å²) in [7, 11) is 0. The Bertz CT molecular complexity index is 1150. The number of ether oxygens (including phenoxy) is 2. The monoisotopic (exact) mass is 495 g/mol. The normalized spacial score (nSPS) is 32.3. The maximum atomic E-state index is 11.5. The van der Waals surface area contributed by atoms with Crippen LogP contribution in [0.2, 0.25) is 5.02 Å². The van der Waals surface area contributed by atoms with Gasteiger partial charge in [0, 0.05) is 29.1 Å². The van der Waals surface area contributed by atoms with E-state index in [0.717, 1.165) is 44.9 Å². The molecule has 4 atom stereocenters. The van der Waals surface area contributed by atoms with Gasteiger partial charge >= 0.3 is 0 Å². The van der Waals surface area contributed by atoms with E-state index < -0.39 is 39.5 Å². The van der Waals surface area contributed by atoms with E-state index >= 15 is 0 Å². The Morgan fingerprint density at radius 2 is 1.66 bits per heavy atom. The fourth-order valence-corrected chi connectivity index (χ4v) is 6.26. The third-order valence-corrected chi connectivity index (χ3v) is 8.13. The average Bonchev–Trinajstić information content (AvgIpc) is 3.02. The summed E-state index contributed by atoms with van der Waals surface area (Å²) in [6.45, 7) is 0. The molecule has 1 N–H and O–H groups in total. The average molecular weight is 496 g/mol. The lowest BCUT2D eigenvalue weighted by Crippen LogP contribution is -2.59. The van der Waals surface area contributed by atoms with Crippen molar-refractivity contribution in [3.63, 3.8) is 0 Å². The summed E-state index contributed by atoms with van der Waals surface area (Å²) >= 11 is 6.44. The van der Waals surface area contributed by atoms with Crippen LogP contribution >= 0.6 is 11.6 Å². The van der Waals surface area contributed by atoms with Crippen LogP contribution in [0.15, 0.2) is 18.2 Å².